The maximum atomic E-state index is 6.23. The fraction of sp³-hybridized carbons (Fsp3) is 0.143. The molecule has 2 aromatic rings. The zero-order chi connectivity index (χ0) is 12.4. The number of nitrogens with one attached hydrogen (secondary N) is 1. The van der Waals surface area contributed by atoms with Gasteiger partial charge in [0.25, 0.3) is 0 Å². The smallest absolute Gasteiger partial charge is 0.0646 e. The number of benzene rings is 2. The lowest BCUT2D eigenvalue weighted by Crippen LogP contribution is -1.98. The zero-order valence-corrected chi connectivity index (χ0v) is 10.7. The molecule has 0 heterocycles. The van der Waals surface area contributed by atoms with E-state index in [-0.39, 0.29) is 0 Å². The number of hydrogen-bond donors (Lipinski definition) is 2. The molecular formula is C14H15ClN2. The standard InChI is InChI=1S/C14H15ClN2/c1-9-7-10(2)14(11(15)8-9)17-13-6-4-3-5-12(13)16/h3-8,17H,16H2,1-2H3. The van der Waals surface area contributed by atoms with Gasteiger partial charge in [-0.1, -0.05) is 29.8 Å². The van der Waals surface area contributed by atoms with E-state index in [9.17, 15) is 0 Å². The number of rotatable bonds is 2. The van der Waals surface area contributed by atoms with Crippen LogP contribution in [0.5, 0.6) is 0 Å². The van der Waals surface area contributed by atoms with Crippen LogP contribution in [-0.2, 0) is 0 Å². The Morgan fingerprint density at radius 3 is 2.47 bits per heavy atom. The summed E-state index contributed by atoms with van der Waals surface area (Å²) in [5.74, 6) is 0. The van der Waals surface area contributed by atoms with E-state index in [2.05, 4.69) is 11.4 Å². The number of para-hydroxylation sites is 2. The second kappa shape index (κ2) is 4.68. The lowest BCUT2D eigenvalue weighted by Gasteiger charge is -2.14. The van der Waals surface area contributed by atoms with Crippen molar-refractivity contribution in [3.63, 3.8) is 0 Å². The average molecular weight is 247 g/mol. The van der Waals surface area contributed by atoms with Crippen LogP contribution >= 0.6 is 11.6 Å². The highest BCUT2D eigenvalue weighted by Gasteiger charge is 2.06. The van der Waals surface area contributed by atoms with Crippen LogP contribution in [0.3, 0.4) is 0 Å². The Kier molecular flexibility index (Phi) is 3.25. The molecule has 0 unspecified atom stereocenters. The highest BCUT2D eigenvalue weighted by atomic mass is 35.5. The molecule has 17 heavy (non-hydrogen) atoms. The van der Waals surface area contributed by atoms with E-state index >= 15 is 0 Å². The van der Waals surface area contributed by atoms with E-state index < -0.39 is 0 Å². The van der Waals surface area contributed by atoms with Crippen molar-refractivity contribution in [1.29, 1.82) is 0 Å². The van der Waals surface area contributed by atoms with E-state index in [1.807, 2.05) is 44.2 Å². The first-order valence-electron chi connectivity index (χ1n) is 5.46. The van der Waals surface area contributed by atoms with E-state index in [1.165, 1.54) is 0 Å². The molecule has 0 aliphatic heterocycles. The summed E-state index contributed by atoms with van der Waals surface area (Å²) in [4.78, 5) is 0. The molecule has 0 spiro atoms. The van der Waals surface area contributed by atoms with Gasteiger partial charge in [0.2, 0.25) is 0 Å². The molecule has 0 saturated heterocycles. The Labute approximate surface area is 106 Å². The minimum atomic E-state index is 0.712. The topological polar surface area (TPSA) is 38.0 Å². The summed E-state index contributed by atoms with van der Waals surface area (Å²) in [5.41, 5.74) is 10.7. The third-order valence-electron chi connectivity index (χ3n) is 2.65. The van der Waals surface area contributed by atoms with Crippen LogP contribution in [0, 0.1) is 13.8 Å². The molecule has 0 aliphatic rings. The van der Waals surface area contributed by atoms with Crippen LogP contribution < -0.4 is 11.1 Å². The normalized spacial score (nSPS) is 10.3. The van der Waals surface area contributed by atoms with Crippen LogP contribution in [0.1, 0.15) is 11.1 Å². The number of nitrogen functional groups attached to an aromatic ring is 1. The molecule has 0 radical (unpaired) electrons. The number of hydrogen-bond acceptors (Lipinski definition) is 2. The van der Waals surface area contributed by atoms with E-state index in [4.69, 9.17) is 17.3 Å². The van der Waals surface area contributed by atoms with E-state index in [0.29, 0.717) is 10.7 Å². The minimum absolute atomic E-state index is 0.712. The molecule has 2 rings (SSSR count). The Morgan fingerprint density at radius 1 is 1.12 bits per heavy atom. The predicted octanol–water partition coefficient (Wildman–Crippen LogP) is 4.28. The van der Waals surface area contributed by atoms with Gasteiger partial charge in [0.15, 0.2) is 0 Å². The van der Waals surface area contributed by atoms with Gasteiger partial charge >= 0.3 is 0 Å². The zero-order valence-electron chi connectivity index (χ0n) is 9.92. The van der Waals surface area contributed by atoms with Crippen LogP contribution in [0.4, 0.5) is 17.1 Å². The Hall–Kier alpha value is -1.67. The van der Waals surface area contributed by atoms with Crippen molar-refractivity contribution in [2.45, 2.75) is 13.8 Å². The molecule has 2 nitrogen and oxygen atoms in total. The number of aryl methyl sites for hydroxylation is 2. The predicted molar refractivity (Wildman–Crippen MR) is 75.1 cm³/mol. The summed E-state index contributed by atoms with van der Waals surface area (Å²) in [7, 11) is 0. The number of halogens is 1. The van der Waals surface area contributed by atoms with Crippen molar-refractivity contribution >= 4 is 28.7 Å². The molecule has 0 saturated carbocycles. The number of nitrogens with two attached hydrogens (primary N) is 1. The van der Waals surface area contributed by atoms with Crippen LogP contribution in [-0.4, -0.2) is 0 Å². The van der Waals surface area contributed by atoms with Gasteiger partial charge in [0.05, 0.1) is 22.1 Å². The van der Waals surface area contributed by atoms with Crippen LogP contribution in [0.15, 0.2) is 36.4 Å². The highest BCUT2D eigenvalue weighted by Crippen LogP contribution is 2.31. The first-order chi connectivity index (χ1) is 8.08. The van der Waals surface area contributed by atoms with Gasteiger partial charge in [0, 0.05) is 0 Å². The largest absolute Gasteiger partial charge is 0.397 e. The first kappa shape index (κ1) is 11.8. The van der Waals surface area contributed by atoms with E-state index in [1.54, 1.807) is 0 Å². The SMILES string of the molecule is Cc1cc(C)c(Nc2ccccc2N)c(Cl)c1. The third-order valence-corrected chi connectivity index (χ3v) is 2.95. The maximum absolute atomic E-state index is 6.23. The van der Waals surface area contributed by atoms with Crippen molar-refractivity contribution in [1.82, 2.24) is 0 Å². The summed E-state index contributed by atoms with van der Waals surface area (Å²) < 4.78 is 0. The first-order valence-corrected chi connectivity index (χ1v) is 5.84. The molecule has 88 valence electrons. The molecule has 0 amide bonds. The molecule has 2 aromatic carbocycles. The van der Waals surface area contributed by atoms with Crippen molar-refractivity contribution in [2.24, 2.45) is 0 Å². The summed E-state index contributed by atoms with van der Waals surface area (Å²) >= 11 is 6.23. The van der Waals surface area contributed by atoms with Crippen molar-refractivity contribution in [2.75, 3.05) is 11.1 Å². The Bertz CT molecular complexity index is 527. The van der Waals surface area contributed by atoms with Crippen molar-refractivity contribution in [3.8, 4) is 0 Å². The monoisotopic (exact) mass is 246 g/mol. The molecule has 0 atom stereocenters. The van der Waals surface area contributed by atoms with Gasteiger partial charge in [-0.2, -0.15) is 0 Å². The molecular weight excluding hydrogens is 232 g/mol. The van der Waals surface area contributed by atoms with Crippen molar-refractivity contribution < 1.29 is 0 Å². The highest BCUT2D eigenvalue weighted by molar-refractivity contribution is 6.33. The third kappa shape index (κ3) is 2.53. The molecule has 0 bridgehead atoms. The summed E-state index contributed by atoms with van der Waals surface area (Å²) in [5, 5.41) is 3.99. The quantitative estimate of drug-likeness (QED) is 0.776. The fourth-order valence-corrected chi connectivity index (χ4v) is 2.19. The van der Waals surface area contributed by atoms with Gasteiger partial charge in [-0.3, -0.25) is 0 Å². The molecule has 0 fully saturated rings. The van der Waals surface area contributed by atoms with Crippen LogP contribution in [0.25, 0.3) is 0 Å². The second-order valence-corrected chi connectivity index (χ2v) is 4.56. The van der Waals surface area contributed by atoms with Crippen molar-refractivity contribution in [3.05, 3.63) is 52.5 Å². The maximum Gasteiger partial charge on any atom is 0.0646 e. The van der Waals surface area contributed by atoms with Crippen LogP contribution in [0.2, 0.25) is 5.02 Å². The summed E-state index contributed by atoms with van der Waals surface area (Å²) in [6, 6.07) is 11.7. The van der Waals surface area contributed by atoms with Gasteiger partial charge in [0.1, 0.15) is 0 Å². The minimum Gasteiger partial charge on any atom is -0.397 e. The summed E-state index contributed by atoms with van der Waals surface area (Å²) in [6.07, 6.45) is 0. The molecule has 0 aromatic heterocycles. The summed E-state index contributed by atoms with van der Waals surface area (Å²) in [6.45, 7) is 4.06. The lowest BCUT2D eigenvalue weighted by atomic mass is 10.1. The van der Waals surface area contributed by atoms with Gasteiger partial charge in [-0.05, 0) is 43.2 Å². The lowest BCUT2D eigenvalue weighted by molar-refractivity contribution is 1.37. The Balaban J connectivity index is 2.40. The van der Waals surface area contributed by atoms with Gasteiger partial charge in [-0.25, -0.2) is 0 Å². The van der Waals surface area contributed by atoms with E-state index in [0.717, 1.165) is 22.5 Å². The Morgan fingerprint density at radius 2 is 1.82 bits per heavy atom. The molecule has 3 N–H and O–H groups in total. The van der Waals surface area contributed by atoms with Gasteiger partial charge in [-0.15, -0.1) is 0 Å². The fourth-order valence-electron chi connectivity index (χ4n) is 1.82. The molecule has 3 heteroatoms. The second-order valence-electron chi connectivity index (χ2n) is 4.15. The molecule has 0 aliphatic carbocycles. The average Bonchev–Trinajstić information content (AvgIpc) is 2.25. The van der Waals surface area contributed by atoms with Gasteiger partial charge < -0.3 is 11.1 Å². The number of anilines is 3.